The number of hydrogen-bond acceptors (Lipinski definition) is 6. The summed E-state index contributed by atoms with van der Waals surface area (Å²) in [5, 5.41) is 10.4. The van der Waals surface area contributed by atoms with Crippen LogP contribution >= 0.6 is 0 Å². The Morgan fingerprint density at radius 2 is 1.68 bits per heavy atom. The molecule has 1 aliphatic heterocycles. The smallest absolute Gasteiger partial charge is 0.408 e. The van der Waals surface area contributed by atoms with Crippen molar-refractivity contribution in [2.75, 3.05) is 11.9 Å². The number of nitrogens with one attached hydrogen (secondary N) is 4. The molecule has 38 heavy (non-hydrogen) atoms. The van der Waals surface area contributed by atoms with Crippen LogP contribution < -0.4 is 21.3 Å². The van der Waals surface area contributed by atoms with E-state index < -0.39 is 47.2 Å². The number of anilines is 1. The van der Waals surface area contributed by atoms with Gasteiger partial charge in [0, 0.05) is 12.2 Å². The fourth-order valence-corrected chi connectivity index (χ4v) is 4.59. The van der Waals surface area contributed by atoms with E-state index in [4.69, 9.17) is 4.74 Å². The maximum absolute atomic E-state index is 13.4. The largest absolute Gasteiger partial charge is 0.444 e. The minimum atomic E-state index is -1.21. The lowest BCUT2D eigenvalue weighted by Crippen LogP contribution is -2.66. The Labute approximate surface area is 223 Å². The van der Waals surface area contributed by atoms with Crippen LogP contribution in [0.25, 0.3) is 0 Å². The van der Waals surface area contributed by atoms with Crippen molar-refractivity contribution in [1.29, 1.82) is 0 Å². The molecule has 1 aromatic rings. The number of urea groups is 1. The van der Waals surface area contributed by atoms with E-state index in [0.717, 1.165) is 6.42 Å². The molecule has 11 heteroatoms. The molecule has 0 bridgehead atoms. The van der Waals surface area contributed by atoms with Crippen LogP contribution in [0.1, 0.15) is 66.7 Å². The summed E-state index contributed by atoms with van der Waals surface area (Å²) in [4.78, 5) is 66.0. The highest BCUT2D eigenvalue weighted by atomic mass is 16.6. The normalized spacial score (nSPS) is 19.1. The van der Waals surface area contributed by atoms with E-state index in [1.54, 1.807) is 65.0 Å². The molecule has 0 spiro atoms. The van der Waals surface area contributed by atoms with E-state index in [1.807, 2.05) is 0 Å². The van der Waals surface area contributed by atoms with Gasteiger partial charge in [0.25, 0.3) is 5.91 Å². The molecule has 1 saturated heterocycles. The van der Waals surface area contributed by atoms with Gasteiger partial charge in [0.2, 0.25) is 11.8 Å². The monoisotopic (exact) mass is 529 g/mol. The lowest BCUT2D eigenvalue weighted by atomic mass is 9.75. The topological polar surface area (TPSA) is 146 Å². The molecule has 11 nitrogen and oxygen atoms in total. The third-order valence-electron chi connectivity index (χ3n) is 6.71. The molecule has 2 fully saturated rings. The lowest BCUT2D eigenvalue weighted by Gasteiger charge is -2.41. The Bertz CT molecular complexity index is 1050. The first kappa shape index (κ1) is 28.9. The fraction of sp³-hybridized carbons (Fsp3) is 0.593. The third kappa shape index (κ3) is 7.23. The first-order valence-corrected chi connectivity index (χ1v) is 13.1. The number of para-hydroxylation sites is 1. The van der Waals surface area contributed by atoms with E-state index in [-0.39, 0.29) is 11.8 Å². The minimum absolute atomic E-state index is 0.244. The highest BCUT2D eigenvalue weighted by molar-refractivity contribution is 6.06. The van der Waals surface area contributed by atoms with Gasteiger partial charge in [-0.1, -0.05) is 32.0 Å². The van der Waals surface area contributed by atoms with E-state index in [0.29, 0.717) is 37.9 Å². The minimum Gasteiger partial charge on any atom is -0.444 e. The summed E-state index contributed by atoms with van der Waals surface area (Å²) in [5.74, 6) is -1.66. The first-order chi connectivity index (χ1) is 17.8. The summed E-state index contributed by atoms with van der Waals surface area (Å²) in [7, 11) is 0. The van der Waals surface area contributed by atoms with Crippen molar-refractivity contribution in [2.45, 2.75) is 89.9 Å². The van der Waals surface area contributed by atoms with Gasteiger partial charge in [0.05, 0.1) is 0 Å². The number of nitrogens with zero attached hydrogens (tertiary/aromatic N) is 1. The summed E-state index contributed by atoms with van der Waals surface area (Å²) in [6, 6.07) is 6.36. The SMILES string of the molecule is CC(C)[C@H](NC(=O)OC(C)(C)C)C(=O)N1CCC[C@H]1C(=O)NC1(C(=O)NC(=O)Nc2ccccc2)CCC1. The molecule has 1 aromatic carbocycles. The summed E-state index contributed by atoms with van der Waals surface area (Å²) in [5.41, 5.74) is -1.40. The van der Waals surface area contributed by atoms with Crippen LogP contribution in [-0.4, -0.2) is 64.5 Å². The number of amides is 6. The number of hydrogen-bond donors (Lipinski definition) is 4. The number of alkyl carbamates (subject to hydrolysis) is 1. The standard InChI is InChI=1S/C27H39N5O6/c1-17(2)20(29-25(37)38-26(3,4)5)22(34)32-16-9-13-19(32)21(33)31-27(14-10-15-27)23(35)30-24(36)28-18-11-7-6-8-12-18/h6-8,11-12,17,19-20H,9-10,13-16H2,1-5H3,(H,29,37)(H,31,33)(H2,28,30,35,36)/t19-,20-/m0/s1. The van der Waals surface area contributed by atoms with Crippen LogP contribution in [0.4, 0.5) is 15.3 Å². The average Bonchev–Trinajstić information content (AvgIpc) is 3.28. The maximum atomic E-state index is 13.4. The molecule has 1 saturated carbocycles. The van der Waals surface area contributed by atoms with Crippen molar-refractivity contribution in [2.24, 2.45) is 5.92 Å². The van der Waals surface area contributed by atoms with Gasteiger partial charge in [-0.25, -0.2) is 9.59 Å². The van der Waals surface area contributed by atoms with Gasteiger partial charge >= 0.3 is 12.1 Å². The Balaban J connectivity index is 1.64. The number of imide groups is 1. The molecule has 2 aliphatic rings. The average molecular weight is 530 g/mol. The third-order valence-corrected chi connectivity index (χ3v) is 6.71. The summed E-state index contributed by atoms with van der Waals surface area (Å²) in [6.07, 6.45) is 1.83. The predicted octanol–water partition coefficient (Wildman–Crippen LogP) is 2.91. The zero-order chi connectivity index (χ0) is 28.1. The number of benzene rings is 1. The van der Waals surface area contributed by atoms with Crippen molar-refractivity contribution < 1.29 is 28.7 Å². The predicted molar refractivity (Wildman–Crippen MR) is 141 cm³/mol. The summed E-state index contributed by atoms with van der Waals surface area (Å²) < 4.78 is 5.31. The van der Waals surface area contributed by atoms with Gasteiger partial charge in [-0.2, -0.15) is 0 Å². The Hall–Kier alpha value is -3.63. The molecule has 1 heterocycles. The second kappa shape index (κ2) is 11.8. The Kier molecular flexibility index (Phi) is 9.01. The van der Waals surface area contributed by atoms with Crippen molar-refractivity contribution in [1.82, 2.24) is 20.9 Å². The second-order valence-electron chi connectivity index (χ2n) is 11.3. The molecule has 0 unspecified atom stereocenters. The number of rotatable bonds is 7. The van der Waals surface area contributed by atoms with Crippen molar-refractivity contribution in [3.05, 3.63) is 30.3 Å². The van der Waals surface area contributed by atoms with Crippen LogP contribution in [0.5, 0.6) is 0 Å². The molecule has 0 radical (unpaired) electrons. The van der Waals surface area contributed by atoms with Crippen molar-refractivity contribution in [3.63, 3.8) is 0 Å². The van der Waals surface area contributed by atoms with E-state index in [2.05, 4.69) is 21.3 Å². The molecule has 3 rings (SSSR count). The molecular weight excluding hydrogens is 490 g/mol. The van der Waals surface area contributed by atoms with Crippen LogP contribution in [0, 0.1) is 5.92 Å². The van der Waals surface area contributed by atoms with Crippen molar-refractivity contribution in [3.8, 4) is 0 Å². The van der Waals surface area contributed by atoms with Crippen LogP contribution in [0.15, 0.2) is 30.3 Å². The van der Waals surface area contributed by atoms with Gasteiger partial charge in [0.15, 0.2) is 0 Å². The van der Waals surface area contributed by atoms with Gasteiger partial charge in [-0.3, -0.25) is 19.7 Å². The fourth-order valence-electron chi connectivity index (χ4n) is 4.59. The van der Waals surface area contributed by atoms with E-state index in [9.17, 15) is 24.0 Å². The highest BCUT2D eigenvalue weighted by Gasteiger charge is 2.48. The molecule has 1 aliphatic carbocycles. The first-order valence-electron chi connectivity index (χ1n) is 13.1. The van der Waals surface area contributed by atoms with Crippen molar-refractivity contribution >= 4 is 35.5 Å². The molecule has 0 aromatic heterocycles. The molecular formula is C27H39N5O6. The van der Waals surface area contributed by atoms with Gasteiger partial charge in [-0.15, -0.1) is 0 Å². The second-order valence-corrected chi connectivity index (χ2v) is 11.3. The lowest BCUT2D eigenvalue weighted by molar-refractivity contribution is -0.144. The summed E-state index contributed by atoms with van der Waals surface area (Å²) in [6.45, 7) is 9.17. The number of ether oxygens (including phenoxy) is 1. The van der Waals surface area contributed by atoms with E-state index >= 15 is 0 Å². The molecule has 4 N–H and O–H groups in total. The van der Waals surface area contributed by atoms with Gasteiger partial charge in [0.1, 0.15) is 23.2 Å². The molecule has 6 amide bonds. The van der Waals surface area contributed by atoms with E-state index in [1.165, 1.54) is 4.90 Å². The van der Waals surface area contributed by atoms with Crippen LogP contribution in [0.3, 0.4) is 0 Å². The van der Waals surface area contributed by atoms with Gasteiger partial charge in [-0.05, 0) is 70.9 Å². The summed E-state index contributed by atoms with van der Waals surface area (Å²) >= 11 is 0. The maximum Gasteiger partial charge on any atom is 0.408 e. The number of carbonyl (C=O) groups is 5. The highest BCUT2D eigenvalue weighted by Crippen LogP contribution is 2.33. The van der Waals surface area contributed by atoms with Gasteiger partial charge < -0.3 is 25.6 Å². The van der Waals surface area contributed by atoms with Crippen LogP contribution in [0.2, 0.25) is 0 Å². The van der Waals surface area contributed by atoms with Crippen LogP contribution in [-0.2, 0) is 19.1 Å². The Morgan fingerprint density at radius 3 is 2.24 bits per heavy atom. The number of carbonyl (C=O) groups excluding carboxylic acids is 5. The quantitative estimate of drug-likeness (QED) is 0.427. The molecule has 208 valence electrons. The number of likely N-dealkylation sites (tertiary alicyclic amines) is 1. The molecule has 2 atom stereocenters. The Morgan fingerprint density at radius 1 is 1.03 bits per heavy atom. The zero-order valence-corrected chi connectivity index (χ0v) is 22.8. The zero-order valence-electron chi connectivity index (χ0n) is 22.8.